The summed E-state index contributed by atoms with van der Waals surface area (Å²) in [6, 6.07) is 10.0. The summed E-state index contributed by atoms with van der Waals surface area (Å²) in [5, 5.41) is 11.1. The van der Waals surface area contributed by atoms with Gasteiger partial charge in [-0.15, -0.1) is 21.5 Å². The minimum Gasteiger partial charge on any atom is -0.493 e. The van der Waals surface area contributed by atoms with E-state index in [4.69, 9.17) is 10.5 Å². The first-order valence-corrected chi connectivity index (χ1v) is 9.99. The first kappa shape index (κ1) is 18.5. The van der Waals surface area contributed by atoms with Gasteiger partial charge in [0.05, 0.1) is 11.5 Å². The number of rotatable bonds is 8. The Morgan fingerprint density at radius 3 is 2.69 bits per heavy atom. The monoisotopic (exact) mass is 388 g/mol. The molecule has 0 aliphatic carbocycles. The second-order valence-corrected chi connectivity index (χ2v) is 7.87. The number of thiophene rings is 1. The average molecular weight is 389 g/mol. The highest BCUT2D eigenvalue weighted by molar-refractivity contribution is 7.99. The fourth-order valence-electron chi connectivity index (χ4n) is 2.59. The fraction of sp³-hybridized carbons (Fsp3) is 0.278. The third kappa shape index (κ3) is 4.64. The van der Waals surface area contributed by atoms with Gasteiger partial charge in [0, 0.05) is 5.75 Å². The van der Waals surface area contributed by atoms with Crippen molar-refractivity contribution >= 4 is 29.0 Å². The number of hydrogen-bond acceptors (Lipinski definition) is 6. The first-order chi connectivity index (χ1) is 12.5. The number of carbonyl (C=O) groups excluding carboxylic acids is 1. The Labute approximate surface area is 160 Å². The molecule has 2 aromatic heterocycles. The summed E-state index contributed by atoms with van der Waals surface area (Å²) in [6.45, 7) is 4.69. The van der Waals surface area contributed by atoms with Gasteiger partial charge in [-0.05, 0) is 48.6 Å². The summed E-state index contributed by atoms with van der Waals surface area (Å²) in [5.41, 5.74) is 7.74. The van der Waals surface area contributed by atoms with Crippen molar-refractivity contribution in [3.63, 3.8) is 0 Å². The van der Waals surface area contributed by atoms with Crippen LogP contribution in [0.25, 0.3) is 10.7 Å². The predicted octanol–water partition coefficient (Wildman–Crippen LogP) is 3.28. The van der Waals surface area contributed by atoms with Crippen LogP contribution in [0.15, 0.2) is 40.9 Å². The van der Waals surface area contributed by atoms with Crippen molar-refractivity contribution < 1.29 is 9.53 Å². The Bertz CT molecular complexity index is 870. The summed E-state index contributed by atoms with van der Waals surface area (Å²) in [4.78, 5) is 12.4. The Morgan fingerprint density at radius 2 is 2.04 bits per heavy atom. The van der Waals surface area contributed by atoms with Crippen LogP contribution in [0.1, 0.15) is 11.1 Å². The van der Waals surface area contributed by atoms with Gasteiger partial charge in [-0.2, -0.15) is 0 Å². The Balaban J connectivity index is 1.65. The van der Waals surface area contributed by atoms with Crippen LogP contribution in [0.2, 0.25) is 0 Å². The number of benzene rings is 1. The minimum absolute atomic E-state index is 0.0561. The van der Waals surface area contributed by atoms with Gasteiger partial charge in [-0.1, -0.05) is 23.9 Å². The lowest BCUT2D eigenvalue weighted by atomic mass is 10.1. The summed E-state index contributed by atoms with van der Waals surface area (Å²) >= 11 is 3.05. The van der Waals surface area contributed by atoms with Crippen molar-refractivity contribution in [3.05, 3.63) is 46.8 Å². The van der Waals surface area contributed by atoms with Crippen LogP contribution < -0.4 is 10.5 Å². The van der Waals surface area contributed by atoms with Gasteiger partial charge >= 0.3 is 0 Å². The number of nitrogens with zero attached hydrogens (tertiary/aromatic N) is 3. The zero-order valence-electron chi connectivity index (χ0n) is 14.6. The highest BCUT2D eigenvalue weighted by Crippen LogP contribution is 2.27. The molecule has 26 heavy (non-hydrogen) atoms. The number of amides is 1. The number of thioether (sulfide) groups is 1. The Hall–Kier alpha value is -2.32. The van der Waals surface area contributed by atoms with Gasteiger partial charge in [0.1, 0.15) is 12.3 Å². The van der Waals surface area contributed by atoms with E-state index in [-0.39, 0.29) is 6.54 Å². The molecule has 1 amide bonds. The topological polar surface area (TPSA) is 83.0 Å². The second kappa shape index (κ2) is 8.37. The molecular formula is C18H20N4O2S2. The molecule has 2 N–H and O–H groups in total. The van der Waals surface area contributed by atoms with Crippen molar-refractivity contribution in [3.8, 4) is 16.5 Å². The highest BCUT2D eigenvalue weighted by atomic mass is 32.2. The minimum atomic E-state index is -0.420. The lowest BCUT2D eigenvalue weighted by Crippen LogP contribution is -2.20. The van der Waals surface area contributed by atoms with Crippen LogP contribution in [0, 0.1) is 13.8 Å². The third-order valence-electron chi connectivity index (χ3n) is 3.55. The lowest BCUT2D eigenvalue weighted by Gasteiger charge is -2.09. The molecule has 0 fully saturated rings. The SMILES string of the molecule is Cc1cc(C)cc(OCCSc2nnc(-c3cccs3)n2CC(N)=O)c1. The van der Waals surface area contributed by atoms with Crippen molar-refractivity contribution in [2.75, 3.05) is 12.4 Å². The molecule has 3 rings (SSSR count). The van der Waals surface area contributed by atoms with Crippen LogP contribution in [-0.4, -0.2) is 33.0 Å². The van der Waals surface area contributed by atoms with E-state index in [2.05, 4.69) is 16.3 Å². The number of primary amides is 1. The number of aryl methyl sites for hydroxylation is 2. The molecule has 2 heterocycles. The van der Waals surface area contributed by atoms with Crippen LogP contribution in [0.3, 0.4) is 0 Å². The maximum absolute atomic E-state index is 11.4. The van der Waals surface area contributed by atoms with Gasteiger partial charge in [0.25, 0.3) is 0 Å². The number of aromatic nitrogens is 3. The van der Waals surface area contributed by atoms with E-state index in [1.807, 2.05) is 43.5 Å². The largest absolute Gasteiger partial charge is 0.493 e. The standard InChI is InChI=1S/C18H20N4O2S2/c1-12-8-13(2)10-14(9-12)24-5-7-26-18-21-20-17(15-4-3-6-25-15)22(18)11-16(19)23/h3-4,6,8-10H,5,7,11H2,1-2H3,(H2,19,23). The van der Waals surface area contributed by atoms with Gasteiger partial charge in [0.2, 0.25) is 5.91 Å². The van der Waals surface area contributed by atoms with Crippen molar-refractivity contribution in [2.24, 2.45) is 5.73 Å². The molecule has 6 nitrogen and oxygen atoms in total. The highest BCUT2D eigenvalue weighted by Gasteiger charge is 2.16. The van der Waals surface area contributed by atoms with Crippen molar-refractivity contribution in [1.29, 1.82) is 0 Å². The molecule has 3 aromatic rings. The third-order valence-corrected chi connectivity index (χ3v) is 5.35. The Morgan fingerprint density at radius 1 is 1.27 bits per heavy atom. The first-order valence-electron chi connectivity index (χ1n) is 8.12. The van der Waals surface area contributed by atoms with Crippen LogP contribution in [0.5, 0.6) is 5.75 Å². The van der Waals surface area contributed by atoms with E-state index < -0.39 is 5.91 Å². The van der Waals surface area contributed by atoms with Gasteiger partial charge in [-0.25, -0.2) is 0 Å². The van der Waals surface area contributed by atoms with E-state index in [9.17, 15) is 4.79 Å². The number of hydrogen-bond donors (Lipinski definition) is 1. The molecule has 0 bridgehead atoms. The molecular weight excluding hydrogens is 368 g/mol. The Kier molecular flexibility index (Phi) is 5.95. The quantitative estimate of drug-likeness (QED) is 0.473. The number of carbonyl (C=O) groups is 1. The summed E-state index contributed by atoms with van der Waals surface area (Å²) in [7, 11) is 0. The summed E-state index contributed by atoms with van der Waals surface area (Å²) in [6.07, 6.45) is 0. The molecule has 0 radical (unpaired) electrons. The molecule has 0 aliphatic heterocycles. The molecule has 136 valence electrons. The maximum atomic E-state index is 11.4. The van der Waals surface area contributed by atoms with Gasteiger partial charge in [-0.3, -0.25) is 9.36 Å². The predicted molar refractivity (Wildman–Crippen MR) is 105 cm³/mol. The molecule has 1 aromatic carbocycles. The molecule has 0 spiro atoms. The van der Waals surface area contributed by atoms with Crippen LogP contribution >= 0.6 is 23.1 Å². The van der Waals surface area contributed by atoms with Crippen LogP contribution in [-0.2, 0) is 11.3 Å². The zero-order valence-corrected chi connectivity index (χ0v) is 16.3. The van der Waals surface area contributed by atoms with E-state index in [0.29, 0.717) is 23.3 Å². The summed E-state index contributed by atoms with van der Waals surface area (Å²) < 4.78 is 7.58. The van der Waals surface area contributed by atoms with Crippen molar-refractivity contribution in [2.45, 2.75) is 25.5 Å². The molecule has 8 heteroatoms. The lowest BCUT2D eigenvalue weighted by molar-refractivity contribution is -0.118. The molecule has 0 aliphatic rings. The van der Waals surface area contributed by atoms with E-state index in [1.165, 1.54) is 22.9 Å². The second-order valence-electron chi connectivity index (χ2n) is 5.86. The molecule has 0 saturated heterocycles. The van der Waals surface area contributed by atoms with Gasteiger partial charge < -0.3 is 10.5 Å². The molecule has 0 atom stereocenters. The average Bonchev–Trinajstić information content (AvgIpc) is 3.20. The van der Waals surface area contributed by atoms with Crippen LogP contribution in [0.4, 0.5) is 0 Å². The summed E-state index contributed by atoms with van der Waals surface area (Å²) in [5.74, 6) is 1.79. The molecule has 0 unspecified atom stereocenters. The molecule has 0 saturated carbocycles. The smallest absolute Gasteiger partial charge is 0.237 e. The number of nitrogens with two attached hydrogens (primary N) is 1. The maximum Gasteiger partial charge on any atom is 0.237 e. The normalized spacial score (nSPS) is 10.8. The zero-order chi connectivity index (χ0) is 18.5. The van der Waals surface area contributed by atoms with E-state index >= 15 is 0 Å². The van der Waals surface area contributed by atoms with Crippen molar-refractivity contribution in [1.82, 2.24) is 14.8 Å². The van der Waals surface area contributed by atoms with Gasteiger partial charge in [0.15, 0.2) is 11.0 Å². The van der Waals surface area contributed by atoms with E-state index in [0.717, 1.165) is 10.6 Å². The fourth-order valence-corrected chi connectivity index (χ4v) is 4.06. The van der Waals surface area contributed by atoms with E-state index in [1.54, 1.807) is 15.9 Å². The number of ether oxygens (including phenoxy) is 1.